The maximum absolute atomic E-state index is 6.01. The Balaban J connectivity index is 1.50. The lowest BCUT2D eigenvalue weighted by Crippen LogP contribution is -2.49. The maximum Gasteiger partial charge on any atom is 0.191 e. The number of anilines is 1. The molecule has 162 valence electrons. The highest BCUT2D eigenvalue weighted by Crippen LogP contribution is 2.18. The van der Waals surface area contributed by atoms with E-state index in [1.54, 1.807) is 0 Å². The lowest BCUT2D eigenvalue weighted by molar-refractivity contribution is 0.230. The number of aryl methyl sites for hydroxylation is 2. The topological polar surface area (TPSA) is 61.8 Å². The molecule has 1 aliphatic heterocycles. The molecule has 1 unspecified atom stereocenters. The molecule has 0 spiro atoms. The van der Waals surface area contributed by atoms with E-state index >= 15 is 0 Å². The van der Waals surface area contributed by atoms with Gasteiger partial charge in [-0.2, -0.15) is 0 Å². The molecule has 2 heterocycles. The largest absolute Gasteiger partial charge is 0.489 e. The van der Waals surface area contributed by atoms with Gasteiger partial charge < -0.3 is 20.3 Å². The second-order valence-electron chi connectivity index (χ2n) is 8.01. The number of benzene rings is 1. The van der Waals surface area contributed by atoms with Gasteiger partial charge in [-0.05, 0) is 70.4 Å². The maximum atomic E-state index is 6.01. The molecular formula is C24H35N5O. The highest BCUT2D eigenvalue weighted by molar-refractivity contribution is 5.80. The van der Waals surface area contributed by atoms with Crippen molar-refractivity contribution in [1.82, 2.24) is 15.6 Å². The fraction of sp³-hybridized carbons (Fsp3) is 0.500. The Labute approximate surface area is 180 Å². The SMILES string of the molecule is CCNC(=NCC(C)Oc1cccc(C)c1)NC1CCN(c2cccc(C)n2)CC1. The summed E-state index contributed by atoms with van der Waals surface area (Å²) in [6.07, 6.45) is 2.14. The van der Waals surface area contributed by atoms with Gasteiger partial charge in [0.05, 0.1) is 6.54 Å². The van der Waals surface area contributed by atoms with Crippen LogP contribution in [0.1, 0.15) is 37.9 Å². The van der Waals surface area contributed by atoms with Crippen LogP contribution in [-0.2, 0) is 0 Å². The van der Waals surface area contributed by atoms with Crippen molar-refractivity contribution in [2.45, 2.75) is 52.7 Å². The number of hydrogen-bond acceptors (Lipinski definition) is 4. The van der Waals surface area contributed by atoms with Crippen molar-refractivity contribution in [1.29, 1.82) is 0 Å². The highest BCUT2D eigenvalue weighted by Gasteiger charge is 2.21. The van der Waals surface area contributed by atoms with E-state index in [1.165, 1.54) is 5.56 Å². The van der Waals surface area contributed by atoms with Crippen molar-refractivity contribution in [2.75, 3.05) is 31.1 Å². The normalized spacial score (nSPS) is 16.3. The van der Waals surface area contributed by atoms with Crippen molar-refractivity contribution < 1.29 is 4.74 Å². The number of guanidine groups is 1. The number of aliphatic imine (C=N–C) groups is 1. The summed E-state index contributed by atoms with van der Waals surface area (Å²) in [6, 6.07) is 14.8. The van der Waals surface area contributed by atoms with Gasteiger partial charge in [0.25, 0.3) is 0 Å². The highest BCUT2D eigenvalue weighted by atomic mass is 16.5. The van der Waals surface area contributed by atoms with Gasteiger partial charge in [-0.25, -0.2) is 9.98 Å². The molecule has 0 amide bonds. The number of rotatable bonds is 7. The predicted octanol–water partition coefficient (Wildman–Crippen LogP) is 3.69. The Morgan fingerprint density at radius 3 is 2.67 bits per heavy atom. The summed E-state index contributed by atoms with van der Waals surface area (Å²) in [7, 11) is 0. The van der Waals surface area contributed by atoms with Crippen LogP contribution < -0.4 is 20.3 Å². The fourth-order valence-electron chi connectivity index (χ4n) is 3.65. The van der Waals surface area contributed by atoms with Crippen molar-refractivity contribution >= 4 is 11.8 Å². The van der Waals surface area contributed by atoms with E-state index in [1.807, 2.05) is 25.1 Å². The average molecular weight is 410 g/mol. The van der Waals surface area contributed by atoms with Gasteiger partial charge in [0, 0.05) is 31.4 Å². The van der Waals surface area contributed by atoms with Crippen LogP contribution in [0.4, 0.5) is 5.82 Å². The number of ether oxygens (including phenoxy) is 1. The number of pyridine rings is 1. The van der Waals surface area contributed by atoms with E-state index in [4.69, 9.17) is 9.73 Å². The zero-order chi connectivity index (χ0) is 21.3. The molecule has 1 aromatic heterocycles. The van der Waals surface area contributed by atoms with Gasteiger partial charge in [-0.15, -0.1) is 0 Å². The summed E-state index contributed by atoms with van der Waals surface area (Å²) in [5.74, 6) is 2.84. The summed E-state index contributed by atoms with van der Waals surface area (Å²) >= 11 is 0. The van der Waals surface area contributed by atoms with Gasteiger partial charge in [-0.3, -0.25) is 0 Å². The second kappa shape index (κ2) is 10.9. The quantitative estimate of drug-likeness (QED) is 0.539. The summed E-state index contributed by atoms with van der Waals surface area (Å²) in [5, 5.41) is 6.97. The molecule has 3 rings (SSSR count). The minimum Gasteiger partial charge on any atom is -0.489 e. The van der Waals surface area contributed by atoms with Crippen LogP contribution in [0.3, 0.4) is 0 Å². The van der Waals surface area contributed by atoms with Crippen LogP contribution in [0.25, 0.3) is 0 Å². The standard InChI is InChI=1S/C24H35N5O/c1-5-25-24(26-17-20(4)30-22-10-6-8-18(2)16-22)28-21-12-14-29(15-13-21)23-11-7-9-19(3)27-23/h6-11,16,20-21H,5,12-15,17H2,1-4H3,(H2,25,26,28). The number of piperidine rings is 1. The van der Waals surface area contributed by atoms with Crippen LogP contribution in [0.15, 0.2) is 47.5 Å². The van der Waals surface area contributed by atoms with Gasteiger partial charge >= 0.3 is 0 Å². The minimum absolute atomic E-state index is 0.0106. The summed E-state index contributed by atoms with van der Waals surface area (Å²) in [6.45, 7) is 11.7. The molecule has 1 atom stereocenters. The fourth-order valence-corrected chi connectivity index (χ4v) is 3.65. The molecule has 0 aliphatic carbocycles. The number of aromatic nitrogens is 1. The van der Waals surface area contributed by atoms with Gasteiger partial charge in [0.2, 0.25) is 0 Å². The molecule has 0 radical (unpaired) electrons. The Bertz CT molecular complexity index is 830. The molecule has 6 heteroatoms. The Morgan fingerprint density at radius 2 is 1.97 bits per heavy atom. The van der Waals surface area contributed by atoms with E-state index in [0.29, 0.717) is 12.6 Å². The monoisotopic (exact) mass is 409 g/mol. The third-order valence-electron chi connectivity index (χ3n) is 5.21. The Hall–Kier alpha value is -2.76. The number of hydrogen-bond donors (Lipinski definition) is 2. The van der Waals surface area contributed by atoms with Gasteiger partial charge in [0.15, 0.2) is 5.96 Å². The molecule has 6 nitrogen and oxygen atoms in total. The lowest BCUT2D eigenvalue weighted by Gasteiger charge is -2.34. The van der Waals surface area contributed by atoms with E-state index < -0.39 is 0 Å². The zero-order valence-corrected chi connectivity index (χ0v) is 18.7. The summed E-state index contributed by atoms with van der Waals surface area (Å²) < 4.78 is 6.01. The van der Waals surface area contributed by atoms with Crippen LogP contribution in [-0.4, -0.2) is 49.3 Å². The first kappa shape index (κ1) is 21.9. The van der Waals surface area contributed by atoms with Crippen molar-refractivity contribution in [2.24, 2.45) is 4.99 Å². The van der Waals surface area contributed by atoms with Gasteiger partial charge in [0.1, 0.15) is 17.7 Å². The van der Waals surface area contributed by atoms with E-state index in [2.05, 4.69) is 65.6 Å². The van der Waals surface area contributed by atoms with Crippen molar-refractivity contribution in [3.05, 3.63) is 53.7 Å². The molecule has 1 aromatic carbocycles. The Kier molecular flexibility index (Phi) is 7.94. The van der Waals surface area contributed by atoms with Crippen molar-refractivity contribution in [3.8, 4) is 5.75 Å². The average Bonchev–Trinajstić information content (AvgIpc) is 2.73. The molecular weight excluding hydrogens is 374 g/mol. The second-order valence-corrected chi connectivity index (χ2v) is 8.01. The summed E-state index contributed by atoms with van der Waals surface area (Å²) in [5.41, 5.74) is 2.27. The first-order valence-electron chi connectivity index (χ1n) is 11.0. The molecule has 0 saturated carbocycles. The minimum atomic E-state index is 0.0106. The number of nitrogens with one attached hydrogen (secondary N) is 2. The lowest BCUT2D eigenvalue weighted by atomic mass is 10.1. The smallest absolute Gasteiger partial charge is 0.191 e. The van der Waals surface area contributed by atoms with E-state index in [9.17, 15) is 0 Å². The van der Waals surface area contributed by atoms with Crippen LogP contribution >= 0.6 is 0 Å². The molecule has 0 bridgehead atoms. The van der Waals surface area contributed by atoms with Crippen LogP contribution in [0.5, 0.6) is 5.75 Å². The molecule has 1 saturated heterocycles. The predicted molar refractivity (Wildman–Crippen MR) is 125 cm³/mol. The van der Waals surface area contributed by atoms with Crippen molar-refractivity contribution in [3.63, 3.8) is 0 Å². The first-order valence-corrected chi connectivity index (χ1v) is 11.0. The van der Waals surface area contributed by atoms with E-state index in [0.717, 1.165) is 55.7 Å². The molecule has 1 fully saturated rings. The summed E-state index contributed by atoms with van der Waals surface area (Å²) in [4.78, 5) is 11.8. The molecule has 30 heavy (non-hydrogen) atoms. The third-order valence-corrected chi connectivity index (χ3v) is 5.21. The van der Waals surface area contributed by atoms with Gasteiger partial charge in [-0.1, -0.05) is 18.2 Å². The van der Waals surface area contributed by atoms with Crippen LogP contribution in [0.2, 0.25) is 0 Å². The molecule has 2 aromatic rings. The van der Waals surface area contributed by atoms with E-state index in [-0.39, 0.29) is 6.10 Å². The third kappa shape index (κ3) is 6.65. The Morgan fingerprint density at radius 1 is 1.20 bits per heavy atom. The van der Waals surface area contributed by atoms with Crippen LogP contribution in [0, 0.1) is 13.8 Å². The first-order chi connectivity index (χ1) is 14.5. The molecule has 2 N–H and O–H groups in total. The zero-order valence-electron chi connectivity index (χ0n) is 18.7. The molecule has 1 aliphatic rings. The number of nitrogens with zero attached hydrogens (tertiary/aromatic N) is 3.